The maximum atomic E-state index is 14.0. The van der Waals surface area contributed by atoms with Gasteiger partial charge in [0.15, 0.2) is 5.13 Å². The number of rotatable bonds is 4. The van der Waals surface area contributed by atoms with Gasteiger partial charge in [0.25, 0.3) is 5.91 Å². The van der Waals surface area contributed by atoms with E-state index < -0.39 is 5.60 Å². The second kappa shape index (κ2) is 7.10. The highest BCUT2D eigenvalue weighted by atomic mass is 32.1. The van der Waals surface area contributed by atoms with Gasteiger partial charge in [-0.05, 0) is 32.9 Å². The highest BCUT2D eigenvalue weighted by Gasteiger charge is 2.43. The highest BCUT2D eigenvalue weighted by Crippen LogP contribution is 2.34. The van der Waals surface area contributed by atoms with Crippen molar-refractivity contribution in [1.82, 2.24) is 4.98 Å². The lowest BCUT2D eigenvalue weighted by Gasteiger charge is -2.19. The summed E-state index contributed by atoms with van der Waals surface area (Å²) in [5.41, 5.74) is 1.47. The Kier molecular flexibility index (Phi) is 4.76. The van der Waals surface area contributed by atoms with Crippen molar-refractivity contribution in [2.75, 3.05) is 5.32 Å². The van der Waals surface area contributed by atoms with Crippen LogP contribution in [0, 0.1) is 19.7 Å². The van der Waals surface area contributed by atoms with Gasteiger partial charge in [0.1, 0.15) is 5.82 Å². The number of carbonyl (C=O) groups is 1. The molecule has 1 N–H and O–H groups in total. The fraction of sp³-hybridized carbons (Fsp3) is 0.250. The molecule has 28 heavy (non-hydrogen) atoms. The maximum Gasteiger partial charge on any atom is 0.273 e. The van der Waals surface area contributed by atoms with Crippen molar-refractivity contribution in [1.29, 1.82) is 0 Å². The van der Waals surface area contributed by atoms with E-state index in [0.29, 0.717) is 16.4 Å². The van der Waals surface area contributed by atoms with E-state index in [1.54, 1.807) is 36.5 Å². The lowest BCUT2D eigenvalue weighted by Crippen LogP contribution is -2.40. The second-order valence-electron chi connectivity index (χ2n) is 6.84. The van der Waals surface area contributed by atoms with E-state index in [1.807, 2.05) is 5.38 Å². The lowest BCUT2D eigenvalue weighted by atomic mass is 9.95. The third kappa shape index (κ3) is 3.45. The van der Waals surface area contributed by atoms with E-state index in [2.05, 4.69) is 35.4 Å². The summed E-state index contributed by atoms with van der Waals surface area (Å²) in [5.74, 6) is -0.748. The van der Waals surface area contributed by atoms with E-state index in [1.165, 1.54) is 27.2 Å². The summed E-state index contributed by atoms with van der Waals surface area (Å²) in [4.78, 5) is 25.1. The summed E-state index contributed by atoms with van der Waals surface area (Å²) in [6, 6.07) is 8.41. The van der Waals surface area contributed by atoms with Crippen LogP contribution >= 0.6 is 22.7 Å². The zero-order valence-electron chi connectivity index (χ0n) is 15.6. The molecule has 144 valence electrons. The summed E-state index contributed by atoms with van der Waals surface area (Å²) < 4.78 is 14.0. The quantitative estimate of drug-likeness (QED) is 0.641. The zero-order valence-corrected chi connectivity index (χ0v) is 17.2. The molecule has 8 heteroatoms. The minimum atomic E-state index is -1.21. The van der Waals surface area contributed by atoms with Crippen LogP contribution in [0.5, 0.6) is 0 Å². The van der Waals surface area contributed by atoms with Crippen LogP contribution in [-0.4, -0.2) is 22.2 Å². The molecule has 1 aliphatic heterocycles. The average Bonchev–Trinajstić information content (AvgIpc) is 3.35. The van der Waals surface area contributed by atoms with Gasteiger partial charge in [0.05, 0.1) is 11.4 Å². The minimum absolute atomic E-state index is 0.181. The van der Waals surface area contributed by atoms with E-state index in [9.17, 15) is 9.18 Å². The Labute approximate surface area is 169 Å². The maximum absolute atomic E-state index is 14.0. The number of nitrogens with one attached hydrogen (secondary N) is 1. The monoisotopic (exact) mass is 415 g/mol. The number of thiazole rings is 1. The van der Waals surface area contributed by atoms with Crippen LogP contribution in [0.15, 0.2) is 40.9 Å². The predicted molar refractivity (Wildman–Crippen MR) is 111 cm³/mol. The van der Waals surface area contributed by atoms with Gasteiger partial charge in [-0.1, -0.05) is 23.4 Å². The molecule has 2 aromatic heterocycles. The number of carbonyl (C=O) groups excluding carboxylic acids is 1. The predicted octanol–water partition coefficient (Wildman–Crippen LogP) is 5.15. The molecule has 1 atom stereocenters. The van der Waals surface area contributed by atoms with Crippen LogP contribution < -0.4 is 5.32 Å². The first-order valence-electron chi connectivity index (χ1n) is 8.70. The molecule has 0 fully saturated rings. The van der Waals surface area contributed by atoms with Gasteiger partial charge in [-0.15, -0.1) is 22.7 Å². The highest BCUT2D eigenvalue weighted by molar-refractivity contribution is 7.14. The number of anilines is 1. The summed E-state index contributed by atoms with van der Waals surface area (Å²) in [7, 11) is 0. The molecule has 1 aliphatic rings. The number of thiophene rings is 1. The standard InChI is InChI=1S/C20H18FN3O2S2/c1-11-8-14(12(2)28-11)17-10-27-19(22-17)23-18(25)20(3)9-16(24-26-20)13-6-4-5-7-15(13)21/h4-8,10H,9H2,1-3H3,(H,22,23,25)/t20-/m1/s1. The Morgan fingerprint density at radius 3 is 2.79 bits per heavy atom. The van der Waals surface area contributed by atoms with Crippen molar-refractivity contribution < 1.29 is 14.0 Å². The molecule has 0 spiro atoms. The Balaban J connectivity index is 1.47. The van der Waals surface area contributed by atoms with Crippen molar-refractivity contribution in [3.05, 3.63) is 56.8 Å². The Morgan fingerprint density at radius 1 is 1.29 bits per heavy atom. The van der Waals surface area contributed by atoms with E-state index in [-0.39, 0.29) is 18.1 Å². The number of nitrogens with zero attached hydrogens (tertiary/aromatic N) is 2. The summed E-state index contributed by atoms with van der Waals surface area (Å²) in [5, 5.41) is 9.17. The molecule has 0 unspecified atom stereocenters. The molecule has 5 nitrogen and oxygen atoms in total. The van der Waals surface area contributed by atoms with Crippen LogP contribution in [-0.2, 0) is 9.63 Å². The Hall–Kier alpha value is -2.58. The van der Waals surface area contributed by atoms with Crippen LogP contribution in [0.1, 0.15) is 28.7 Å². The molecule has 0 bridgehead atoms. The van der Waals surface area contributed by atoms with Gasteiger partial charge in [-0.25, -0.2) is 9.37 Å². The number of hydrogen-bond donors (Lipinski definition) is 1. The molecule has 0 saturated carbocycles. The van der Waals surface area contributed by atoms with Gasteiger partial charge in [-0.3, -0.25) is 10.1 Å². The van der Waals surface area contributed by atoms with Gasteiger partial charge in [-0.2, -0.15) is 0 Å². The zero-order chi connectivity index (χ0) is 19.9. The third-order valence-electron chi connectivity index (χ3n) is 4.57. The van der Waals surface area contributed by atoms with Crippen molar-refractivity contribution in [3.63, 3.8) is 0 Å². The van der Waals surface area contributed by atoms with E-state index in [4.69, 9.17) is 4.84 Å². The molecule has 4 rings (SSSR count). The number of aromatic nitrogens is 1. The van der Waals surface area contributed by atoms with Crippen LogP contribution in [0.2, 0.25) is 0 Å². The topological polar surface area (TPSA) is 63.6 Å². The Morgan fingerprint density at radius 2 is 2.07 bits per heavy atom. The molecule has 0 radical (unpaired) electrons. The molecular formula is C20H18FN3O2S2. The number of hydrogen-bond acceptors (Lipinski definition) is 6. The summed E-state index contributed by atoms with van der Waals surface area (Å²) >= 11 is 3.07. The molecule has 1 aromatic carbocycles. The van der Waals surface area contributed by atoms with Crippen molar-refractivity contribution in [2.24, 2.45) is 5.16 Å². The molecule has 0 saturated heterocycles. The minimum Gasteiger partial charge on any atom is -0.379 e. The fourth-order valence-electron chi connectivity index (χ4n) is 3.07. The molecule has 3 aromatic rings. The third-order valence-corrected chi connectivity index (χ3v) is 6.29. The molecule has 0 aliphatic carbocycles. The first-order chi connectivity index (χ1) is 13.4. The largest absolute Gasteiger partial charge is 0.379 e. The normalized spacial score (nSPS) is 18.6. The smallest absolute Gasteiger partial charge is 0.273 e. The van der Waals surface area contributed by atoms with Gasteiger partial charge < -0.3 is 4.84 Å². The lowest BCUT2D eigenvalue weighted by molar-refractivity contribution is -0.135. The van der Waals surface area contributed by atoms with Gasteiger partial charge in [0.2, 0.25) is 5.60 Å². The van der Waals surface area contributed by atoms with Crippen molar-refractivity contribution >= 4 is 39.4 Å². The number of oxime groups is 1. The first kappa shape index (κ1) is 18.8. The summed E-state index contributed by atoms with van der Waals surface area (Å²) in [6.07, 6.45) is 0.181. The number of benzene rings is 1. The SMILES string of the molecule is Cc1cc(-c2csc(NC(=O)[C@@]3(C)CC(c4ccccc4F)=NO3)n2)c(C)s1. The van der Waals surface area contributed by atoms with Gasteiger partial charge >= 0.3 is 0 Å². The average molecular weight is 416 g/mol. The van der Waals surface area contributed by atoms with Crippen LogP contribution in [0.25, 0.3) is 11.3 Å². The van der Waals surface area contributed by atoms with Crippen molar-refractivity contribution in [2.45, 2.75) is 32.8 Å². The Bertz CT molecular complexity index is 1090. The fourth-order valence-corrected chi connectivity index (χ4v) is 4.71. The summed E-state index contributed by atoms with van der Waals surface area (Å²) in [6.45, 7) is 5.75. The molecular weight excluding hydrogens is 397 g/mol. The van der Waals surface area contributed by atoms with Crippen molar-refractivity contribution in [3.8, 4) is 11.3 Å². The van der Waals surface area contributed by atoms with Crippen LogP contribution in [0.4, 0.5) is 9.52 Å². The van der Waals surface area contributed by atoms with Crippen LogP contribution in [0.3, 0.4) is 0 Å². The van der Waals surface area contributed by atoms with E-state index >= 15 is 0 Å². The molecule has 3 heterocycles. The van der Waals surface area contributed by atoms with Gasteiger partial charge in [0, 0.05) is 32.7 Å². The first-order valence-corrected chi connectivity index (χ1v) is 10.4. The number of aryl methyl sites for hydroxylation is 2. The van der Waals surface area contributed by atoms with E-state index in [0.717, 1.165) is 11.3 Å². The number of amides is 1. The number of halogens is 1. The second-order valence-corrected chi connectivity index (χ2v) is 9.15. The molecule has 1 amide bonds.